The Kier molecular flexibility index (Phi) is 6.78. The van der Waals surface area contributed by atoms with Crippen LogP contribution in [0.5, 0.6) is 0 Å². The number of halogens is 2. The molecule has 1 heterocycles. The van der Waals surface area contributed by atoms with Crippen molar-refractivity contribution >= 4 is 30.9 Å². The van der Waals surface area contributed by atoms with Crippen LogP contribution in [0.25, 0.3) is 0 Å². The van der Waals surface area contributed by atoms with E-state index in [0.29, 0.717) is 37.4 Å². The third-order valence-corrected chi connectivity index (χ3v) is 5.28. The largest absolute Gasteiger partial charge is 0.343 e. The summed E-state index contributed by atoms with van der Waals surface area (Å²) in [4.78, 5) is 0. The van der Waals surface area contributed by atoms with Gasteiger partial charge in [-0.1, -0.05) is 13.8 Å². The van der Waals surface area contributed by atoms with Gasteiger partial charge in [-0.3, -0.25) is 4.57 Å². The maximum absolute atomic E-state index is 12.6. The topological polar surface area (TPSA) is 41.6 Å². The van der Waals surface area contributed by atoms with E-state index in [9.17, 15) is 4.57 Å². The highest BCUT2D eigenvalue weighted by Crippen LogP contribution is 2.51. The highest BCUT2D eigenvalue weighted by atomic mass is 35.5. The Balaban J connectivity index is 2.59. The molecule has 0 aromatic rings. The fourth-order valence-corrected chi connectivity index (χ4v) is 4.71. The molecule has 0 radical (unpaired) electrons. The predicted molar refractivity (Wildman–Crippen MR) is 73.0 cm³/mol. The molecule has 0 aromatic heterocycles. The number of alkyl halides is 2. The van der Waals surface area contributed by atoms with Crippen molar-refractivity contribution in [3.05, 3.63) is 0 Å². The molecule has 0 spiro atoms. The SMILES string of the molecule is CC(C)C[C@@H]1CO[P@](=O)(N(CCCl)CCCl)N1. The summed E-state index contributed by atoms with van der Waals surface area (Å²) in [6, 6.07) is 0.161. The first-order chi connectivity index (χ1) is 8.01. The molecule has 0 saturated carbocycles. The zero-order valence-corrected chi connectivity index (χ0v) is 12.8. The van der Waals surface area contributed by atoms with E-state index in [2.05, 4.69) is 18.9 Å². The van der Waals surface area contributed by atoms with Crippen LogP contribution in [0.1, 0.15) is 20.3 Å². The lowest BCUT2D eigenvalue weighted by molar-refractivity contribution is 0.284. The molecule has 1 aliphatic rings. The molecule has 0 aliphatic carbocycles. The highest BCUT2D eigenvalue weighted by Gasteiger charge is 2.39. The standard InChI is InChI=1S/C10H21Cl2N2O2P/c1-9(2)7-10-8-16-17(15,13-10)14(5-3-11)6-4-12/h9-10H,3-8H2,1-2H3,(H,13,15)/t10-,17+/m1/s1. The van der Waals surface area contributed by atoms with Crippen LogP contribution >= 0.6 is 30.9 Å². The zero-order valence-electron chi connectivity index (χ0n) is 10.4. The minimum Gasteiger partial charge on any atom is -0.304 e. The molecule has 1 fully saturated rings. The summed E-state index contributed by atoms with van der Waals surface area (Å²) in [6.45, 7) is 5.82. The molecule has 1 aliphatic heterocycles. The molecule has 4 nitrogen and oxygen atoms in total. The van der Waals surface area contributed by atoms with Gasteiger partial charge in [-0.25, -0.2) is 9.76 Å². The number of rotatable bonds is 7. The average Bonchev–Trinajstić information content (AvgIpc) is 2.60. The van der Waals surface area contributed by atoms with E-state index in [0.717, 1.165) is 6.42 Å². The molecule has 0 aromatic carbocycles. The van der Waals surface area contributed by atoms with E-state index in [4.69, 9.17) is 27.7 Å². The van der Waals surface area contributed by atoms with Crippen LogP contribution in [0.4, 0.5) is 0 Å². The van der Waals surface area contributed by atoms with Gasteiger partial charge in [0.05, 0.1) is 6.61 Å². The number of nitrogens with one attached hydrogen (secondary N) is 1. The molecule has 1 rings (SSSR count). The minimum absolute atomic E-state index is 0.161. The second kappa shape index (κ2) is 7.32. The van der Waals surface area contributed by atoms with E-state index in [1.54, 1.807) is 4.67 Å². The minimum atomic E-state index is -2.91. The highest BCUT2D eigenvalue weighted by molar-refractivity contribution is 7.54. The Hall–Kier alpha value is 0.690. The lowest BCUT2D eigenvalue weighted by Gasteiger charge is -2.26. The first kappa shape index (κ1) is 15.7. The molecular weight excluding hydrogens is 282 g/mol. The quantitative estimate of drug-likeness (QED) is 0.580. The molecule has 7 heteroatoms. The lowest BCUT2D eigenvalue weighted by atomic mass is 10.1. The van der Waals surface area contributed by atoms with Crippen LogP contribution in [0.15, 0.2) is 0 Å². The summed E-state index contributed by atoms with van der Waals surface area (Å²) >= 11 is 11.4. The summed E-state index contributed by atoms with van der Waals surface area (Å²) in [6.07, 6.45) is 0.958. The van der Waals surface area contributed by atoms with Gasteiger partial charge in [0.2, 0.25) is 0 Å². The predicted octanol–water partition coefficient (Wildman–Crippen LogP) is 2.91. The number of hydrogen-bond donors (Lipinski definition) is 1. The van der Waals surface area contributed by atoms with Crippen molar-refractivity contribution in [2.45, 2.75) is 26.3 Å². The fourth-order valence-electron chi connectivity index (χ4n) is 1.92. The average molecular weight is 303 g/mol. The Morgan fingerprint density at radius 3 is 2.47 bits per heavy atom. The van der Waals surface area contributed by atoms with Gasteiger partial charge < -0.3 is 4.52 Å². The van der Waals surface area contributed by atoms with Crippen molar-refractivity contribution in [3.8, 4) is 0 Å². The third-order valence-electron chi connectivity index (χ3n) is 2.61. The van der Waals surface area contributed by atoms with Crippen LogP contribution in [-0.2, 0) is 9.09 Å². The molecule has 0 unspecified atom stereocenters. The maximum atomic E-state index is 12.6. The normalized spacial score (nSPS) is 29.4. The molecular formula is C10H21Cl2N2O2P. The molecule has 0 bridgehead atoms. The second-order valence-corrected chi connectivity index (χ2v) is 7.48. The van der Waals surface area contributed by atoms with Gasteiger partial charge in [0.1, 0.15) is 0 Å². The summed E-state index contributed by atoms with van der Waals surface area (Å²) in [5.41, 5.74) is 0. The van der Waals surface area contributed by atoms with Crippen LogP contribution < -0.4 is 5.09 Å². The second-order valence-electron chi connectivity index (χ2n) is 4.60. The van der Waals surface area contributed by atoms with Crippen LogP contribution in [0, 0.1) is 5.92 Å². The molecule has 1 saturated heterocycles. The molecule has 17 heavy (non-hydrogen) atoms. The molecule has 102 valence electrons. The van der Waals surface area contributed by atoms with Crippen LogP contribution in [0.3, 0.4) is 0 Å². The van der Waals surface area contributed by atoms with Crippen LogP contribution in [0.2, 0.25) is 0 Å². The molecule has 1 N–H and O–H groups in total. The maximum Gasteiger partial charge on any atom is 0.343 e. The Morgan fingerprint density at radius 1 is 1.41 bits per heavy atom. The van der Waals surface area contributed by atoms with Crippen molar-refractivity contribution in [1.29, 1.82) is 0 Å². The van der Waals surface area contributed by atoms with Crippen LogP contribution in [-0.4, -0.2) is 42.2 Å². The van der Waals surface area contributed by atoms with Crippen molar-refractivity contribution in [2.24, 2.45) is 5.92 Å². The summed E-state index contributed by atoms with van der Waals surface area (Å²) < 4.78 is 19.8. The summed E-state index contributed by atoms with van der Waals surface area (Å²) in [5, 5.41) is 3.11. The Morgan fingerprint density at radius 2 is 2.00 bits per heavy atom. The number of nitrogens with zero attached hydrogens (tertiary/aromatic N) is 1. The lowest BCUT2D eigenvalue weighted by Crippen LogP contribution is -2.32. The van der Waals surface area contributed by atoms with Gasteiger partial charge in [0.25, 0.3) is 0 Å². The van der Waals surface area contributed by atoms with Gasteiger partial charge in [0.15, 0.2) is 0 Å². The van der Waals surface area contributed by atoms with E-state index in [-0.39, 0.29) is 6.04 Å². The zero-order chi connectivity index (χ0) is 12.9. The summed E-state index contributed by atoms with van der Waals surface area (Å²) in [5.74, 6) is 1.39. The van der Waals surface area contributed by atoms with Crippen molar-refractivity contribution in [2.75, 3.05) is 31.5 Å². The van der Waals surface area contributed by atoms with E-state index < -0.39 is 7.67 Å². The van der Waals surface area contributed by atoms with E-state index in [1.165, 1.54) is 0 Å². The van der Waals surface area contributed by atoms with Gasteiger partial charge in [0, 0.05) is 30.9 Å². The van der Waals surface area contributed by atoms with Gasteiger partial charge in [-0.2, -0.15) is 0 Å². The van der Waals surface area contributed by atoms with E-state index >= 15 is 0 Å². The molecule has 0 amide bonds. The Labute approximate surface area is 114 Å². The fraction of sp³-hybridized carbons (Fsp3) is 1.00. The molecule has 2 atom stereocenters. The third kappa shape index (κ3) is 4.70. The van der Waals surface area contributed by atoms with Gasteiger partial charge in [-0.15, -0.1) is 23.2 Å². The Bertz CT molecular complexity index is 273. The van der Waals surface area contributed by atoms with E-state index in [1.807, 2.05) is 0 Å². The van der Waals surface area contributed by atoms with Crippen molar-refractivity contribution in [1.82, 2.24) is 9.76 Å². The van der Waals surface area contributed by atoms with Gasteiger partial charge in [-0.05, 0) is 12.3 Å². The van der Waals surface area contributed by atoms with Crippen molar-refractivity contribution in [3.63, 3.8) is 0 Å². The smallest absolute Gasteiger partial charge is 0.304 e. The summed E-state index contributed by atoms with van der Waals surface area (Å²) in [7, 11) is -2.91. The number of hydrogen-bond acceptors (Lipinski definition) is 2. The van der Waals surface area contributed by atoms with Gasteiger partial charge >= 0.3 is 7.67 Å². The first-order valence-corrected chi connectivity index (χ1v) is 8.56. The monoisotopic (exact) mass is 302 g/mol. The van der Waals surface area contributed by atoms with Crippen molar-refractivity contribution < 1.29 is 9.09 Å². The first-order valence-electron chi connectivity index (χ1n) is 5.91.